The summed E-state index contributed by atoms with van der Waals surface area (Å²) in [5.74, 6) is 0. The Hall–Kier alpha value is -1.37. The van der Waals surface area contributed by atoms with Gasteiger partial charge in [-0.3, -0.25) is 4.79 Å². The maximum atomic E-state index is 11.4. The van der Waals surface area contributed by atoms with E-state index in [1.165, 1.54) is 0 Å². The number of rotatable bonds is 1. The summed E-state index contributed by atoms with van der Waals surface area (Å²) < 4.78 is 0. The van der Waals surface area contributed by atoms with Crippen molar-refractivity contribution in [2.75, 3.05) is 0 Å². The van der Waals surface area contributed by atoms with Gasteiger partial charge in [0.2, 0.25) is 0 Å². The van der Waals surface area contributed by atoms with Crippen LogP contribution >= 0.6 is 0 Å². The maximum absolute atomic E-state index is 11.4. The molecule has 0 heterocycles. The molecule has 0 saturated heterocycles. The van der Waals surface area contributed by atoms with Gasteiger partial charge in [0.15, 0.2) is 5.43 Å². The molecule has 0 unspecified atom stereocenters. The number of aryl methyl sites for hydroxylation is 1. The highest BCUT2D eigenvalue weighted by molar-refractivity contribution is 5.62. The lowest BCUT2D eigenvalue weighted by Gasteiger charge is -1.94. The first-order valence-corrected chi connectivity index (χ1v) is 4.39. The summed E-state index contributed by atoms with van der Waals surface area (Å²) in [6.07, 6.45) is 2.00. The molecule has 1 nitrogen and oxygen atoms in total. The van der Waals surface area contributed by atoms with Crippen molar-refractivity contribution >= 4 is 5.57 Å². The highest BCUT2D eigenvalue weighted by Crippen LogP contribution is 2.09. The van der Waals surface area contributed by atoms with E-state index in [9.17, 15) is 4.79 Å². The van der Waals surface area contributed by atoms with Gasteiger partial charge in [-0.05, 0) is 43.5 Å². The third kappa shape index (κ3) is 2.28. The Morgan fingerprint density at radius 1 is 1.38 bits per heavy atom. The molecule has 68 valence electrons. The Morgan fingerprint density at radius 2 is 2.08 bits per heavy atom. The van der Waals surface area contributed by atoms with E-state index < -0.39 is 0 Å². The molecular weight excluding hydrogens is 160 g/mol. The topological polar surface area (TPSA) is 17.1 Å². The first-order valence-electron chi connectivity index (χ1n) is 4.39. The Labute approximate surface area is 78.7 Å². The Morgan fingerprint density at radius 3 is 2.69 bits per heavy atom. The third-order valence-electron chi connectivity index (χ3n) is 2.19. The van der Waals surface area contributed by atoms with Gasteiger partial charge in [0.05, 0.1) is 0 Å². The van der Waals surface area contributed by atoms with Gasteiger partial charge in [0, 0.05) is 0 Å². The zero-order valence-electron chi connectivity index (χ0n) is 8.29. The average molecular weight is 174 g/mol. The number of hydrogen-bond donors (Lipinski definition) is 0. The molecule has 1 aromatic carbocycles. The van der Waals surface area contributed by atoms with E-state index in [0.717, 1.165) is 16.7 Å². The summed E-state index contributed by atoms with van der Waals surface area (Å²) in [5, 5.41) is 0. The van der Waals surface area contributed by atoms with Crippen molar-refractivity contribution in [3.63, 3.8) is 0 Å². The molecule has 0 atom stereocenters. The van der Waals surface area contributed by atoms with Crippen LogP contribution in [0.2, 0.25) is 0 Å². The van der Waals surface area contributed by atoms with Crippen LogP contribution in [0.15, 0.2) is 35.1 Å². The largest absolute Gasteiger partial charge is 0.290 e. The van der Waals surface area contributed by atoms with Crippen molar-refractivity contribution in [2.45, 2.75) is 20.8 Å². The van der Waals surface area contributed by atoms with Gasteiger partial charge in [-0.1, -0.05) is 24.3 Å². The van der Waals surface area contributed by atoms with Gasteiger partial charge in [-0.25, -0.2) is 0 Å². The molecule has 0 amide bonds. The minimum atomic E-state index is 0.0983. The van der Waals surface area contributed by atoms with Crippen LogP contribution in [0.1, 0.15) is 25.0 Å². The lowest BCUT2D eigenvalue weighted by molar-refractivity contribution is 1.43. The summed E-state index contributed by atoms with van der Waals surface area (Å²) in [5.41, 5.74) is 3.02. The first kappa shape index (κ1) is 9.72. The fraction of sp³-hybridized carbons (Fsp3) is 0.250. The van der Waals surface area contributed by atoms with Crippen LogP contribution in [0.3, 0.4) is 0 Å². The van der Waals surface area contributed by atoms with Crippen LogP contribution in [0.5, 0.6) is 0 Å². The van der Waals surface area contributed by atoms with Crippen molar-refractivity contribution in [3.05, 3.63) is 51.7 Å². The highest BCUT2D eigenvalue weighted by atomic mass is 16.1. The van der Waals surface area contributed by atoms with Gasteiger partial charge in [-0.15, -0.1) is 0 Å². The smallest absolute Gasteiger partial charge is 0.182 e. The molecule has 1 heteroatoms. The Kier molecular flexibility index (Phi) is 3.02. The van der Waals surface area contributed by atoms with E-state index in [1.807, 2.05) is 45.0 Å². The summed E-state index contributed by atoms with van der Waals surface area (Å²) in [6.45, 7) is 5.81. The summed E-state index contributed by atoms with van der Waals surface area (Å²) in [7, 11) is 0. The van der Waals surface area contributed by atoms with Crippen molar-refractivity contribution in [3.8, 4) is 0 Å². The lowest BCUT2D eigenvalue weighted by atomic mass is 10.1. The maximum Gasteiger partial charge on any atom is 0.182 e. The molecule has 0 spiro atoms. The molecule has 13 heavy (non-hydrogen) atoms. The number of allylic oxidation sites excluding steroid dienone is 2. The summed E-state index contributed by atoms with van der Waals surface area (Å²) in [6, 6.07) is 7.40. The molecule has 0 radical (unpaired) electrons. The van der Waals surface area contributed by atoms with Crippen molar-refractivity contribution < 1.29 is 0 Å². The van der Waals surface area contributed by atoms with E-state index >= 15 is 0 Å². The van der Waals surface area contributed by atoms with Crippen LogP contribution in [-0.4, -0.2) is 0 Å². The van der Waals surface area contributed by atoms with E-state index in [2.05, 4.69) is 0 Å². The van der Waals surface area contributed by atoms with Crippen molar-refractivity contribution in [1.82, 2.24) is 0 Å². The third-order valence-corrected chi connectivity index (χ3v) is 2.19. The number of hydrogen-bond acceptors (Lipinski definition) is 1. The SMILES string of the molecule is C/C=C(\C)c1cccc(C)c(=O)c1. The Balaban J connectivity index is 3.38. The normalized spacial score (nSPS) is 11.5. The summed E-state index contributed by atoms with van der Waals surface area (Å²) >= 11 is 0. The highest BCUT2D eigenvalue weighted by Gasteiger charge is 1.94. The zero-order valence-corrected chi connectivity index (χ0v) is 8.29. The second-order valence-electron chi connectivity index (χ2n) is 3.14. The zero-order chi connectivity index (χ0) is 9.84. The second kappa shape index (κ2) is 4.04. The molecule has 0 aromatic heterocycles. The molecule has 1 rings (SSSR count). The quantitative estimate of drug-likeness (QED) is 0.639. The van der Waals surface area contributed by atoms with Gasteiger partial charge >= 0.3 is 0 Å². The molecule has 1 aromatic rings. The Bertz CT molecular complexity index is 389. The predicted molar refractivity (Wildman–Crippen MR) is 56.8 cm³/mol. The lowest BCUT2D eigenvalue weighted by Crippen LogP contribution is -1.98. The van der Waals surface area contributed by atoms with Gasteiger partial charge in [0.25, 0.3) is 0 Å². The molecule has 0 bridgehead atoms. The van der Waals surface area contributed by atoms with E-state index in [4.69, 9.17) is 0 Å². The fourth-order valence-electron chi connectivity index (χ4n) is 1.09. The van der Waals surface area contributed by atoms with Crippen LogP contribution in [0.4, 0.5) is 0 Å². The molecule has 0 aliphatic carbocycles. The van der Waals surface area contributed by atoms with E-state index in [-0.39, 0.29) is 5.43 Å². The first-order chi connectivity index (χ1) is 6.15. The monoisotopic (exact) mass is 174 g/mol. The molecule has 0 N–H and O–H groups in total. The molecule has 0 aliphatic heterocycles. The van der Waals surface area contributed by atoms with Crippen LogP contribution in [0.25, 0.3) is 5.57 Å². The van der Waals surface area contributed by atoms with Crippen LogP contribution < -0.4 is 5.43 Å². The van der Waals surface area contributed by atoms with E-state index in [1.54, 1.807) is 6.07 Å². The second-order valence-corrected chi connectivity index (χ2v) is 3.14. The minimum absolute atomic E-state index is 0.0983. The average Bonchev–Trinajstić information content (AvgIpc) is 2.28. The van der Waals surface area contributed by atoms with E-state index in [0.29, 0.717) is 0 Å². The molecular formula is C12H14O. The molecule has 0 aliphatic rings. The minimum Gasteiger partial charge on any atom is -0.290 e. The van der Waals surface area contributed by atoms with Gasteiger partial charge in [0.1, 0.15) is 0 Å². The van der Waals surface area contributed by atoms with Crippen molar-refractivity contribution in [1.29, 1.82) is 0 Å². The predicted octanol–water partition coefficient (Wildman–Crippen LogP) is 2.78. The fourth-order valence-corrected chi connectivity index (χ4v) is 1.09. The van der Waals surface area contributed by atoms with Gasteiger partial charge in [-0.2, -0.15) is 0 Å². The standard InChI is InChI=1S/C12H14O/c1-4-9(2)11-7-5-6-10(3)12(13)8-11/h4-8H,1-3H3/b9-4+. The van der Waals surface area contributed by atoms with Gasteiger partial charge < -0.3 is 0 Å². The van der Waals surface area contributed by atoms with Crippen LogP contribution in [0, 0.1) is 6.92 Å². The van der Waals surface area contributed by atoms with Crippen molar-refractivity contribution in [2.24, 2.45) is 0 Å². The molecule has 0 saturated carbocycles. The molecule has 0 fully saturated rings. The van der Waals surface area contributed by atoms with Crippen LogP contribution in [-0.2, 0) is 0 Å². The summed E-state index contributed by atoms with van der Waals surface area (Å²) in [4.78, 5) is 11.4.